The summed E-state index contributed by atoms with van der Waals surface area (Å²) in [5.74, 6) is -0.481. The molecule has 0 aromatic carbocycles. The van der Waals surface area contributed by atoms with E-state index in [0.717, 1.165) is 0 Å². The van der Waals surface area contributed by atoms with Crippen LogP contribution in [0.2, 0.25) is 0 Å². The molecule has 0 unspecified atom stereocenters. The summed E-state index contributed by atoms with van der Waals surface area (Å²) in [6.07, 6.45) is 0.368. The first kappa shape index (κ1) is 14.4. The molecule has 8 heteroatoms. The zero-order valence-corrected chi connectivity index (χ0v) is 10.7. The number of sulfonamides is 1. The quantitative estimate of drug-likeness (QED) is 0.628. The fraction of sp³-hybridized carbons (Fsp3) is 0.889. The lowest BCUT2D eigenvalue weighted by atomic mass is 10.3. The summed E-state index contributed by atoms with van der Waals surface area (Å²) in [5, 5.41) is 1.61. The number of hydrazine groups is 1. The first-order chi connectivity index (χ1) is 8.03. The third-order valence-electron chi connectivity index (χ3n) is 2.30. The molecule has 1 aliphatic rings. The van der Waals surface area contributed by atoms with Gasteiger partial charge in [-0.25, -0.2) is 13.4 Å². The van der Waals surface area contributed by atoms with Crippen molar-refractivity contribution in [1.29, 1.82) is 0 Å². The van der Waals surface area contributed by atoms with Gasteiger partial charge in [-0.15, -0.1) is 4.83 Å². The number of nitrogens with zero attached hydrogens (tertiary/aromatic N) is 1. The average Bonchev–Trinajstić information content (AvgIpc) is 2.29. The van der Waals surface area contributed by atoms with E-state index in [9.17, 15) is 13.2 Å². The lowest BCUT2D eigenvalue weighted by Gasteiger charge is -2.26. The largest absolute Gasteiger partial charge is 0.469 e. The van der Waals surface area contributed by atoms with E-state index in [-0.39, 0.29) is 18.6 Å². The molecule has 1 heterocycles. The van der Waals surface area contributed by atoms with Crippen LogP contribution in [0, 0.1) is 0 Å². The van der Waals surface area contributed by atoms with Crippen molar-refractivity contribution >= 4 is 16.0 Å². The minimum atomic E-state index is -3.37. The number of hydrogen-bond donors (Lipinski definition) is 1. The van der Waals surface area contributed by atoms with Crippen molar-refractivity contribution in [2.45, 2.75) is 12.8 Å². The van der Waals surface area contributed by atoms with Crippen molar-refractivity contribution in [2.75, 3.05) is 39.2 Å². The van der Waals surface area contributed by atoms with Gasteiger partial charge < -0.3 is 9.47 Å². The maximum atomic E-state index is 11.6. The van der Waals surface area contributed by atoms with Crippen LogP contribution in [0.25, 0.3) is 0 Å². The van der Waals surface area contributed by atoms with Crippen LogP contribution in [-0.2, 0) is 24.3 Å². The molecule has 0 aromatic heterocycles. The summed E-state index contributed by atoms with van der Waals surface area (Å²) >= 11 is 0. The fourth-order valence-corrected chi connectivity index (χ4v) is 2.60. The van der Waals surface area contributed by atoms with E-state index in [2.05, 4.69) is 9.57 Å². The normalized spacial score (nSPS) is 17.9. The number of rotatable bonds is 6. The molecule has 1 rings (SSSR count). The van der Waals surface area contributed by atoms with Gasteiger partial charge >= 0.3 is 5.97 Å². The van der Waals surface area contributed by atoms with Crippen molar-refractivity contribution in [3.63, 3.8) is 0 Å². The van der Waals surface area contributed by atoms with Gasteiger partial charge in [0, 0.05) is 19.5 Å². The molecular weight excluding hydrogens is 248 g/mol. The van der Waals surface area contributed by atoms with E-state index in [4.69, 9.17) is 4.74 Å². The summed E-state index contributed by atoms with van der Waals surface area (Å²) in [6.45, 7) is 2.11. The smallest absolute Gasteiger partial charge is 0.305 e. The van der Waals surface area contributed by atoms with Gasteiger partial charge in [0.1, 0.15) is 0 Å². The molecule has 100 valence electrons. The van der Waals surface area contributed by atoms with E-state index in [1.54, 1.807) is 5.01 Å². The van der Waals surface area contributed by atoms with E-state index < -0.39 is 16.0 Å². The minimum absolute atomic E-state index is 0.0839. The minimum Gasteiger partial charge on any atom is -0.469 e. The number of ether oxygens (including phenoxy) is 2. The van der Waals surface area contributed by atoms with Crippen molar-refractivity contribution in [2.24, 2.45) is 0 Å². The van der Waals surface area contributed by atoms with Crippen LogP contribution < -0.4 is 4.83 Å². The SMILES string of the molecule is COC(=O)CCCS(=O)(=O)NN1CCOCC1. The van der Waals surface area contributed by atoms with Gasteiger partial charge in [0.2, 0.25) is 10.0 Å². The van der Waals surface area contributed by atoms with Gasteiger partial charge in [-0.3, -0.25) is 4.79 Å². The highest BCUT2D eigenvalue weighted by Gasteiger charge is 2.18. The van der Waals surface area contributed by atoms with E-state index >= 15 is 0 Å². The summed E-state index contributed by atoms with van der Waals surface area (Å²) in [5.41, 5.74) is 0. The molecule has 1 aliphatic heterocycles. The average molecular weight is 266 g/mol. The van der Waals surface area contributed by atoms with Crippen LogP contribution in [0.5, 0.6) is 0 Å². The number of hydrogen-bond acceptors (Lipinski definition) is 6. The van der Waals surface area contributed by atoms with Gasteiger partial charge in [-0.1, -0.05) is 0 Å². The van der Waals surface area contributed by atoms with Gasteiger partial charge in [0.05, 0.1) is 26.1 Å². The molecular formula is C9H18N2O5S. The number of methoxy groups -OCH3 is 1. The summed E-state index contributed by atoms with van der Waals surface area (Å²) in [7, 11) is -2.09. The first-order valence-corrected chi connectivity index (χ1v) is 7.08. The Morgan fingerprint density at radius 3 is 2.65 bits per heavy atom. The molecule has 7 nitrogen and oxygen atoms in total. The monoisotopic (exact) mass is 266 g/mol. The molecule has 0 saturated carbocycles. The molecule has 0 radical (unpaired) electrons. The molecule has 0 amide bonds. The van der Waals surface area contributed by atoms with Crippen LogP contribution in [0.3, 0.4) is 0 Å². The van der Waals surface area contributed by atoms with Crippen LogP contribution >= 0.6 is 0 Å². The molecule has 0 aliphatic carbocycles. The van der Waals surface area contributed by atoms with E-state index in [0.29, 0.717) is 26.3 Å². The fourth-order valence-electron chi connectivity index (χ4n) is 1.41. The van der Waals surface area contributed by atoms with Crippen LogP contribution in [0.4, 0.5) is 0 Å². The second-order valence-electron chi connectivity index (χ2n) is 3.69. The predicted octanol–water partition coefficient (Wildman–Crippen LogP) is -0.894. The predicted molar refractivity (Wildman–Crippen MR) is 60.6 cm³/mol. The Labute approximate surface area is 101 Å². The maximum absolute atomic E-state index is 11.6. The molecule has 1 N–H and O–H groups in total. The zero-order valence-electron chi connectivity index (χ0n) is 9.85. The Hall–Kier alpha value is -0.700. The Kier molecular flexibility index (Phi) is 5.83. The lowest BCUT2D eigenvalue weighted by molar-refractivity contribution is -0.140. The highest BCUT2D eigenvalue weighted by molar-refractivity contribution is 7.89. The Bertz CT molecular complexity index is 337. The van der Waals surface area contributed by atoms with Crippen LogP contribution in [-0.4, -0.2) is 58.6 Å². The third kappa shape index (κ3) is 5.97. The number of morpholine rings is 1. The van der Waals surface area contributed by atoms with Crippen molar-refractivity contribution in [1.82, 2.24) is 9.84 Å². The number of carbonyl (C=O) groups is 1. The Morgan fingerprint density at radius 2 is 2.06 bits per heavy atom. The van der Waals surface area contributed by atoms with Crippen LogP contribution in [0.15, 0.2) is 0 Å². The second-order valence-corrected chi connectivity index (χ2v) is 5.51. The van der Waals surface area contributed by atoms with E-state index in [1.165, 1.54) is 7.11 Å². The lowest BCUT2D eigenvalue weighted by Crippen LogP contribution is -2.48. The van der Waals surface area contributed by atoms with Crippen LogP contribution in [0.1, 0.15) is 12.8 Å². The third-order valence-corrected chi connectivity index (χ3v) is 3.66. The van der Waals surface area contributed by atoms with Gasteiger partial charge in [-0.05, 0) is 6.42 Å². The Balaban J connectivity index is 2.27. The van der Waals surface area contributed by atoms with Gasteiger partial charge in [0.15, 0.2) is 0 Å². The van der Waals surface area contributed by atoms with Gasteiger partial charge in [0.25, 0.3) is 0 Å². The number of nitrogens with one attached hydrogen (secondary N) is 1. The molecule has 1 fully saturated rings. The Morgan fingerprint density at radius 1 is 1.41 bits per heavy atom. The summed E-state index contributed by atoms with van der Waals surface area (Å²) < 4.78 is 32.8. The van der Waals surface area contributed by atoms with E-state index in [1.807, 2.05) is 0 Å². The molecule has 1 saturated heterocycles. The van der Waals surface area contributed by atoms with Crippen molar-refractivity contribution in [3.8, 4) is 0 Å². The highest BCUT2D eigenvalue weighted by atomic mass is 32.2. The molecule has 0 aromatic rings. The zero-order chi connectivity index (χ0) is 12.7. The molecule has 17 heavy (non-hydrogen) atoms. The summed E-state index contributed by atoms with van der Waals surface area (Å²) in [6, 6.07) is 0. The molecule has 0 bridgehead atoms. The van der Waals surface area contributed by atoms with Crippen molar-refractivity contribution in [3.05, 3.63) is 0 Å². The molecule has 0 spiro atoms. The van der Waals surface area contributed by atoms with Gasteiger partial charge in [-0.2, -0.15) is 0 Å². The highest BCUT2D eigenvalue weighted by Crippen LogP contribution is 1.99. The second kappa shape index (κ2) is 6.90. The topological polar surface area (TPSA) is 84.9 Å². The number of esters is 1. The summed E-state index contributed by atoms with van der Waals surface area (Å²) in [4.78, 5) is 13.3. The molecule has 0 atom stereocenters. The number of carbonyl (C=O) groups excluding carboxylic acids is 1. The van der Waals surface area contributed by atoms with Crippen molar-refractivity contribution < 1.29 is 22.7 Å². The first-order valence-electron chi connectivity index (χ1n) is 5.43. The maximum Gasteiger partial charge on any atom is 0.305 e. The standard InChI is InChI=1S/C9H18N2O5S/c1-15-9(12)3-2-8-17(13,14)10-11-4-6-16-7-5-11/h10H,2-8H2,1H3.